The van der Waals surface area contributed by atoms with E-state index in [1.807, 2.05) is 0 Å². The topological polar surface area (TPSA) is 26.0 Å². The van der Waals surface area contributed by atoms with E-state index in [2.05, 4.69) is 0 Å². The van der Waals surface area contributed by atoms with E-state index in [1.54, 1.807) is 0 Å². The molecule has 1 aromatic carbocycles. The SMILES string of the molecule is NC(c1ccc(F)cc1F)C1CCCC(C(F)(F)F)C1. The van der Waals surface area contributed by atoms with Crippen molar-refractivity contribution in [3.8, 4) is 0 Å². The zero-order valence-electron chi connectivity index (χ0n) is 10.8. The summed E-state index contributed by atoms with van der Waals surface area (Å²) in [5.41, 5.74) is 5.98. The lowest BCUT2D eigenvalue weighted by atomic mass is 9.76. The highest BCUT2D eigenvalue weighted by Gasteiger charge is 2.43. The van der Waals surface area contributed by atoms with Gasteiger partial charge in [-0.15, -0.1) is 0 Å². The first-order valence-electron chi connectivity index (χ1n) is 6.56. The van der Waals surface area contributed by atoms with Crippen molar-refractivity contribution < 1.29 is 22.0 Å². The van der Waals surface area contributed by atoms with E-state index in [4.69, 9.17) is 5.73 Å². The molecule has 2 N–H and O–H groups in total. The smallest absolute Gasteiger partial charge is 0.324 e. The molecule has 1 aromatic rings. The molecule has 3 atom stereocenters. The Morgan fingerprint density at radius 1 is 1.15 bits per heavy atom. The van der Waals surface area contributed by atoms with Crippen molar-refractivity contribution in [1.82, 2.24) is 0 Å². The molecule has 112 valence electrons. The van der Waals surface area contributed by atoms with Gasteiger partial charge in [-0.05, 0) is 31.2 Å². The predicted molar refractivity (Wildman–Crippen MR) is 64.8 cm³/mol. The van der Waals surface area contributed by atoms with Crippen LogP contribution in [-0.2, 0) is 0 Å². The monoisotopic (exact) mass is 293 g/mol. The summed E-state index contributed by atoms with van der Waals surface area (Å²) >= 11 is 0. The summed E-state index contributed by atoms with van der Waals surface area (Å²) < 4.78 is 64.7. The Labute approximate surface area is 114 Å². The van der Waals surface area contributed by atoms with Crippen LogP contribution in [-0.4, -0.2) is 6.18 Å². The Morgan fingerprint density at radius 3 is 2.45 bits per heavy atom. The van der Waals surface area contributed by atoms with Gasteiger partial charge in [-0.1, -0.05) is 12.5 Å². The summed E-state index contributed by atoms with van der Waals surface area (Å²) in [6.45, 7) is 0. The highest BCUT2D eigenvalue weighted by Crippen LogP contribution is 2.43. The van der Waals surface area contributed by atoms with Gasteiger partial charge in [0.05, 0.1) is 5.92 Å². The van der Waals surface area contributed by atoms with Crippen LogP contribution in [0.4, 0.5) is 22.0 Å². The number of benzene rings is 1. The van der Waals surface area contributed by atoms with Gasteiger partial charge >= 0.3 is 6.18 Å². The Morgan fingerprint density at radius 2 is 1.85 bits per heavy atom. The summed E-state index contributed by atoms with van der Waals surface area (Å²) in [4.78, 5) is 0. The Balaban J connectivity index is 2.14. The Hall–Kier alpha value is -1.17. The van der Waals surface area contributed by atoms with Crippen LogP contribution in [0.25, 0.3) is 0 Å². The molecule has 0 bridgehead atoms. The minimum Gasteiger partial charge on any atom is -0.324 e. The molecule has 0 heterocycles. The van der Waals surface area contributed by atoms with E-state index >= 15 is 0 Å². The van der Waals surface area contributed by atoms with Crippen molar-refractivity contribution in [2.75, 3.05) is 0 Å². The Kier molecular flexibility index (Phi) is 4.32. The second kappa shape index (κ2) is 5.68. The van der Waals surface area contributed by atoms with E-state index in [9.17, 15) is 22.0 Å². The van der Waals surface area contributed by atoms with Gasteiger partial charge in [-0.25, -0.2) is 8.78 Å². The van der Waals surface area contributed by atoms with Gasteiger partial charge in [0.15, 0.2) is 0 Å². The minimum atomic E-state index is -4.24. The standard InChI is InChI=1S/C14H16F5N/c15-10-4-5-11(12(16)7-10)13(20)8-2-1-3-9(6-8)14(17,18)19/h4-5,7-9,13H,1-3,6,20H2. The molecule has 1 nitrogen and oxygen atoms in total. The highest BCUT2D eigenvalue weighted by molar-refractivity contribution is 5.22. The lowest BCUT2D eigenvalue weighted by molar-refractivity contribution is -0.186. The number of hydrogen-bond acceptors (Lipinski definition) is 1. The average Bonchev–Trinajstić information content (AvgIpc) is 2.37. The second-order valence-corrected chi connectivity index (χ2v) is 5.36. The molecular formula is C14H16F5N. The van der Waals surface area contributed by atoms with Crippen LogP contribution in [0.5, 0.6) is 0 Å². The van der Waals surface area contributed by atoms with Gasteiger partial charge in [-0.3, -0.25) is 0 Å². The first kappa shape index (κ1) is 15.2. The van der Waals surface area contributed by atoms with E-state index in [1.165, 1.54) is 6.07 Å². The number of rotatable bonds is 2. The van der Waals surface area contributed by atoms with Crippen LogP contribution in [0, 0.1) is 23.5 Å². The lowest BCUT2D eigenvalue weighted by Crippen LogP contribution is -2.33. The van der Waals surface area contributed by atoms with Crippen LogP contribution in [0.3, 0.4) is 0 Å². The fourth-order valence-electron chi connectivity index (χ4n) is 2.88. The fraction of sp³-hybridized carbons (Fsp3) is 0.571. The largest absolute Gasteiger partial charge is 0.391 e. The zero-order chi connectivity index (χ0) is 14.9. The molecular weight excluding hydrogens is 277 g/mol. The quantitative estimate of drug-likeness (QED) is 0.807. The van der Waals surface area contributed by atoms with E-state index in [0.29, 0.717) is 18.9 Å². The molecule has 1 aliphatic rings. The number of nitrogens with two attached hydrogens (primary N) is 1. The summed E-state index contributed by atoms with van der Waals surface area (Å²) in [5.74, 6) is -3.34. The van der Waals surface area contributed by atoms with Gasteiger partial charge in [0.2, 0.25) is 0 Å². The summed E-state index contributed by atoms with van der Waals surface area (Å²) in [6, 6.07) is 2.16. The maximum Gasteiger partial charge on any atom is 0.391 e. The first-order valence-corrected chi connectivity index (χ1v) is 6.56. The third-order valence-corrected chi connectivity index (χ3v) is 4.01. The maximum absolute atomic E-state index is 13.6. The van der Waals surface area contributed by atoms with E-state index < -0.39 is 35.7 Å². The van der Waals surface area contributed by atoms with Crippen LogP contribution >= 0.6 is 0 Å². The number of alkyl halides is 3. The first-order chi connectivity index (χ1) is 9.29. The molecule has 0 saturated heterocycles. The van der Waals surface area contributed by atoms with Crippen molar-refractivity contribution in [3.63, 3.8) is 0 Å². The van der Waals surface area contributed by atoms with Crippen molar-refractivity contribution >= 4 is 0 Å². The molecule has 0 aliphatic heterocycles. The average molecular weight is 293 g/mol. The molecule has 0 aromatic heterocycles. The van der Waals surface area contributed by atoms with Gasteiger partial charge in [0.25, 0.3) is 0 Å². The van der Waals surface area contributed by atoms with Crippen molar-refractivity contribution in [2.45, 2.75) is 37.9 Å². The fourth-order valence-corrected chi connectivity index (χ4v) is 2.88. The third kappa shape index (κ3) is 3.29. The lowest BCUT2D eigenvalue weighted by Gasteiger charge is -2.34. The second-order valence-electron chi connectivity index (χ2n) is 5.36. The molecule has 3 unspecified atom stereocenters. The Bertz CT molecular complexity index is 471. The van der Waals surface area contributed by atoms with Gasteiger partial charge in [0.1, 0.15) is 11.6 Å². The molecule has 1 fully saturated rings. The third-order valence-electron chi connectivity index (χ3n) is 4.01. The van der Waals surface area contributed by atoms with E-state index in [0.717, 1.165) is 6.07 Å². The molecule has 1 aliphatic carbocycles. The van der Waals surface area contributed by atoms with Gasteiger partial charge < -0.3 is 5.73 Å². The molecule has 1 saturated carbocycles. The van der Waals surface area contributed by atoms with Crippen molar-refractivity contribution in [3.05, 3.63) is 35.4 Å². The molecule has 6 heteroatoms. The minimum absolute atomic E-state index is 0.0826. The van der Waals surface area contributed by atoms with Crippen molar-refractivity contribution in [1.29, 1.82) is 0 Å². The van der Waals surface area contributed by atoms with Crippen molar-refractivity contribution in [2.24, 2.45) is 17.6 Å². The number of halogens is 5. The molecule has 0 spiro atoms. The van der Waals surface area contributed by atoms with Crippen LogP contribution < -0.4 is 5.73 Å². The summed E-state index contributed by atoms with van der Waals surface area (Å²) in [5, 5.41) is 0. The van der Waals surface area contributed by atoms with Crippen LogP contribution in [0.1, 0.15) is 37.3 Å². The predicted octanol–water partition coefficient (Wildman–Crippen LogP) is 4.33. The van der Waals surface area contributed by atoms with Crippen LogP contribution in [0.15, 0.2) is 18.2 Å². The highest BCUT2D eigenvalue weighted by atomic mass is 19.4. The van der Waals surface area contributed by atoms with Gasteiger partial charge in [-0.2, -0.15) is 13.2 Å². The van der Waals surface area contributed by atoms with Gasteiger partial charge in [0, 0.05) is 17.7 Å². The van der Waals surface area contributed by atoms with E-state index in [-0.39, 0.29) is 18.4 Å². The zero-order valence-corrected chi connectivity index (χ0v) is 10.8. The summed E-state index contributed by atoms with van der Waals surface area (Å²) in [7, 11) is 0. The normalized spacial score (nSPS) is 25.5. The molecule has 20 heavy (non-hydrogen) atoms. The number of hydrogen-bond donors (Lipinski definition) is 1. The maximum atomic E-state index is 13.6. The summed E-state index contributed by atoms with van der Waals surface area (Å²) in [6.07, 6.45) is -3.28. The van der Waals surface area contributed by atoms with Crippen LogP contribution in [0.2, 0.25) is 0 Å². The molecule has 0 radical (unpaired) electrons. The molecule has 2 rings (SSSR count). The molecule has 0 amide bonds.